The van der Waals surface area contributed by atoms with Crippen LogP contribution in [0, 0.1) is 11.8 Å². The number of carbonyl (C=O) groups is 4. The smallest absolute Gasteiger partial charge is 0.306 e. The molecule has 35 heavy (non-hydrogen) atoms. The van der Waals surface area contributed by atoms with E-state index in [1.165, 1.54) is 0 Å². The molecule has 0 N–H and O–H groups in total. The molecule has 0 spiro atoms. The molecule has 0 aromatic heterocycles. The number of esters is 4. The lowest BCUT2D eigenvalue weighted by atomic mass is 10.0. The summed E-state index contributed by atoms with van der Waals surface area (Å²) < 4.78 is 19.0. The molecule has 0 bridgehead atoms. The van der Waals surface area contributed by atoms with E-state index >= 15 is 0 Å². The van der Waals surface area contributed by atoms with Crippen LogP contribution in [0.1, 0.15) is 113 Å². The Morgan fingerprint density at radius 2 is 1.11 bits per heavy atom. The fourth-order valence-corrected chi connectivity index (χ4v) is 3.11. The van der Waals surface area contributed by atoms with E-state index in [-0.39, 0.29) is 36.1 Å². The number of carbonyl (C=O) groups excluding carboxylic acids is 4. The molecule has 0 saturated carbocycles. The molecule has 4 fully saturated rings. The molecule has 0 aliphatic carbocycles. The third-order valence-corrected chi connectivity index (χ3v) is 5.17. The van der Waals surface area contributed by atoms with Crippen molar-refractivity contribution in [2.45, 2.75) is 125 Å². The summed E-state index contributed by atoms with van der Waals surface area (Å²) >= 11 is 0. The molecule has 206 valence electrons. The maximum absolute atomic E-state index is 10.5. The van der Waals surface area contributed by atoms with Gasteiger partial charge in [0.15, 0.2) is 0 Å². The summed E-state index contributed by atoms with van der Waals surface area (Å²) in [5.74, 6) is 0.951. The molecule has 4 rings (SSSR count). The van der Waals surface area contributed by atoms with Crippen LogP contribution in [-0.2, 0) is 38.1 Å². The Morgan fingerprint density at radius 1 is 0.571 bits per heavy atom. The predicted molar refractivity (Wildman–Crippen MR) is 136 cm³/mol. The second-order valence-electron chi connectivity index (χ2n) is 8.68. The van der Waals surface area contributed by atoms with Crippen LogP contribution in [0.2, 0.25) is 0 Å². The van der Waals surface area contributed by atoms with E-state index in [1.807, 2.05) is 41.5 Å². The second kappa shape index (κ2) is 22.4. The lowest BCUT2D eigenvalue weighted by Crippen LogP contribution is -2.19. The second-order valence-corrected chi connectivity index (χ2v) is 8.68. The maximum atomic E-state index is 10.5. The first-order chi connectivity index (χ1) is 16.7. The summed E-state index contributed by atoms with van der Waals surface area (Å²) in [4.78, 5) is 41.5. The predicted octanol–water partition coefficient (Wildman–Crippen LogP) is 5.79. The number of ether oxygens (including phenoxy) is 4. The van der Waals surface area contributed by atoms with E-state index in [0.29, 0.717) is 50.7 Å². The zero-order chi connectivity index (χ0) is 27.2. The van der Waals surface area contributed by atoms with E-state index in [1.54, 1.807) is 0 Å². The molecule has 0 amide bonds. The zero-order valence-corrected chi connectivity index (χ0v) is 23.4. The van der Waals surface area contributed by atoms with Gasteiger partial charge in [0.2, 0.25) is 0 Å². The van der Waals surface area contributed by atoms with Gasteiger partial charge < -0.3 is 18.9 Å². The number of hydrogen-bond donors (Lipinski definition) is 0. The topological polar surface area (TPSA) is 105 Å². The van der Waals surface area contributed by atoms with Gasteiger partial charge in [-0.2, -0.15) is 0 Å². The summed E-state index contributed by atoms with van der Waals surface area (Å²) in [6.07, 6.45) is 7.76. The number of rotatable bonds is 0. The minimum absolute atomic E-state index is 0.0382. The monoisotopic (exact) mass is 502 g/mol. The van der Waals surface area contributed by atoms with Crippen molar-refractivity contribution < 1.29 is 38.1 Å². The van der Waals surface area contributed by atoms with Crippen molar-refractivity contribution in [2.24, 2.45) is 11.8 Å². The molecule has 4 saturated heterocycles. The van der Waals surface area contributed by atoms with Crippen molar-refractivity contribution in [1.82, 2.24) is 0 Å². The van der Waals surface area contributed by atoms with Gasteiger partial charge in [-0.3, -0.25) is 19.2 Å². The van der Waals surface area contributed by atoms with Crippen LogP contribution in [0.5, 0.6) is 0 Å². The summed E-state index contributed by atoms with van der Waals surface area (Å²) in [6, 6.07) is 0. The third kappa shape index (κ3) is 20.9. The van der Waals surface area contributed by atoms with Crippen LogP contribution in [0.15, 0.2) is 0 Å². The molecule has 4 atom stereocenters. The van der Waals surface area contributed by atoms with E-state index in [4.69, 9.17) is 18.9 Å². The van der Waals surface area contributed by atoms with Crippen LogP contribution < -0.4 is 0 Å². The van der Waals surface area contributed by atoms with Gasteiger partial charge in [0, 0.05) is 25.7 Å². The molecular formula is C27H50O8. The average molecular weight is 503 g/mol. The summed E-state index contributed by atoms with van der Waals surface area (Å²) in [7, 11) is 0. The van der Waals surface area contributed by atoms with Crippen LogP contribution in [0.4, 0.5) is 0 Å². The highest BCUT2D eigenvalue weighted by Crippen LogP contribution is 2.14. The standard InChI is InChI=1S/3C6H10O2.C5H8O2.2C2H6/c1-5-2-3-8-6(7)4-5;1-5-2-3-6(7)8-4-5;1-5-3-2-4-6(7)8-5;1-4-2-3-5(6)7-4;2*1-2/h3*5H,2-4H2,1H3;4H,2-3H2,1H3;2*1-2H3. The summed E-state index contributed by atoms with van der Waals surface area (Å²) in [5, 5.41) is 0. The minimum Gasteiger partial charge on any atom is -0.466 e. The van der Waals surface area contributed by atoms with Crippen molar-refractivity contribution >= 4 is 23.9 Å². The maximum Gasteiger partial charge on any atom is 0.306 e. The molecule has 0 aromatic carbocycles. The Morgan fingerprint density at radius 3 is 1.40 bits per heavy atom. The third-order valence-electron chi connectivity index (χ3n) is 5.17. The first kappa shape index (κ1) is 35.0. The minimum atomic E-state index is -0.0486. The van der Waals surface area contributed by atoms with Gasteiger partial charge in [0.1, 0.15) is 0 Å². The van der Waals surface area contributed by atoms with Gasteiger partial charge >= 0.3 is 23.9 Å². The SMILES string of the molecule is CC.CC.CC1CCC(=O)O1.CC1CCC(=O)OC1.CC1CCCC(=O)O1.CC1CCOC(=O)C1. The molecule has 8 nitrogen and oxygen atoms in total. The van der Waals surface area contributed by atoms with Gasteiger partial charge in [-0.15, -0.1) is 0 Å². The molecule has 0 radical (unpaired) electrons. The van der Waals surface area contributed by atoms with Crippen LogP contribution in [0.3, 0.4) is 0 Å². The van der Waals surface area contributed by atoms with Crippen molar-refractivity contribution in [3.05, 3.63) is 0 Å². The molecule has 4 aliphatic heterocycles. The Balaban J connectivity index is 0. The molecule has 4 unspecified atom stereocenters. The number of cyclic esters (lactones) is 4. The van der Waals surface area contributed by atoms with Gasteiger partial charge in [-0.05, 0) is 57.8 Å². The van der Waals surface area contributed by atoms with Gasteiger partial charge in [-0.25, -0.2) is 0 Å². The molecule has 8 heteroatoms. The Hall–Kier alpha value is -2.12. The Bertz CT molecular complexity index is 554. The van der Waals surface area contributed by atoms with Crippen LogP contribution in [0.25, 0.3) is 0 Å². The van der Waals surface area contributed by atoms with E-state index in [0.717, 1.165) is 32.1 Å². The summed E-state index contributed by atoms with van der Waals surface area (Å²) in [6.45, 7) is 17.2. The molecule has 4 aliphatic rings. The normalized spacial score (nSPS) is 26.7. The van der Waals surface area contributed by atoms with E-state index < -0.39 is 0 Å². The fourth-order valence-electron chi connectivity index (χ4n) is 3.11. The van der Waals surface area contributed by atoms with Gasteiger partial charge in [-0.1, -0.05) is 41.5 Å². The lowest BCUT2D eigenvalue weighted by Gasteiger charge is -2.17. The lowest BCUT2D eigenvalue weighted by molar-refractivity contribution is -0.152. The Kier molecular flexibility index (Phi) is 22.4. The van der Waals surface area contributed by atoms with E-state index in [2.05, 4.69) is 13.8 Å². The van der Waals surface area contributed by atoms with Gasteiger partial charge in [0.25, 0.3) is 0 Å². The Labute approximate surface area is 212 Å². The molecular weight excluding hydrogens is 452 g/mol. The van der Waals surface area contributed by atoms with Crippen molar-refractivity contribution in [3.63, 3.8) is 0 Å². The average Bonchev–Trinajstić information content (AvgIpc) is 3.22. The van der Waals surface area contributed by atoms with Gasteiger partial charge in [0.05, 0.1) is 25.4 Å². The zero-order valence-electron chi connectivity index (χ0n) is 23.4. The molecule has 0 aromatic rings. The highest BCUT2D eigenvalue weighted by atomic mass is 16.6. The highest BCUT2D eigenvalue weighted by molar-refractivity contribution is 5.71. The largest absolute Gasteiger partial charge is 0.466 e. The van der Waals surface area contributed by atoms with Crippen LogP contribution >= 0.6 is 0 Å². The quantitative estimate of drug-likeness (QED) is 0.303. The van der Waals surface area contributed by atoms with Crippen molar-refractivity contribution in [3.8, 4) is 0 Å². The fraction of sp³-hybridized carbons (Fsp3) is 0.852. The highest BCUT2D eigenvalue weighted by Gasteiger charge is 2.18. The molecule has 4 heterocycles. The van der Waals surface area contributed by atoms with E-state index in [9.17, 15) is 19.2 Å². The van der Waals surface area contributed by atoms with Crippen LogP contribution in [-0.4, -0.2) is 49.3 Å². The summed E-state index contributed by atoms with van der Waals surface area (Å²) in [5.41, 5.74) is 0. The van der Waals surface area contributed by atoms with Crippen molar-refractivity contribution in [2.75, 3.05) is 13.2 Å². The first-order valence-corrected chi connectivity index (χ1v) is 13.4. The number of hydrogen-bond acceptors (Lipinski definition) is 8. The van der Waals surface area contributed by atoms with Crippen molar-refractivity contribution in [1.29, 1.82) is 0 Å². The first-order valence-electron chi connectivity index (χ1n) is 13.4.